The number of anilines is 1. The van der Waals surface area contributed by atoms with E-state index in [1.54, 1.807) is 6.92 Å². The van der Waals surface area contributed by atoms with Crippen LogP contribution in [0.5, 0.6) is 0 Å². The standard InChI is InChI=1S/C15H16F4N2O3/c1-8(12-3-2-6-24-12)20-13(22)14(23)21-11-7-9(15(17,18)19)4-5-10(11)16/h4-5,7-8,12H,2-3,6H2,1H3,(H,20,22)(H,21,23)/t8-,12-/m1/s1. The molecule has 1 heterocycles. The molecule has 0 unspecified atom stereocenters. The van der Waals surface area contributed by atoms with E-state index in [9.17, 15) is 27.2 Å². The topological polar surface area (TPSA) is 67.4 Å². The second-order valence-corrected chi connectivity index (χ2v) is 5.46. The van der Waals surface area contributed by atoms with Gasteiger partial charge in [0.1, 0.15) is 5.82 Å². The van der Waals surface area contributed by atoms with Gasteiger partial charge in [0.15, 0.2) is 0 Å². The van der Waals surface area contributed by atoms with Crippen molar-refractivity contribution in [3.63, 3.8) is 0 Å². The van der Waals surface area contributed by atoms with Crippen molar-refractivity contribution in [1.82, 2.24) is 5.32 Å². The number of amides is 2. The van der Waals surface area contributed by atoms with Crippen LogP contribution in [0, 0.1) is 5.82 Å². The Morgan fingerprint density at radius 1 is 1.29 bits per heavy atom. The molecule has 1 fully saturated rings. The number of hydrogen-bond acceptors (Lipinski definition) is 3. The van der Waals surface area contributed by atoms with Crippen LogP contribution < -0.4 is 10.6 Å². The number of hydrogen-bond donors (Lipinski definition) is 2. The van der Waals surface area contributed by atoms with Gasteiger partial charge in [-0.3, -0.25) is 9.59 Å². The number of carbonyl (C=O) groups is 2. The highest BCUT2D eigenvalue weighted by atomic mass is 19.4. The summed E-state index contributed by atoms with van der Waals surface area (Å²) < 4.78 is 56.7. The summed E-state index contributed by atoms with van der Waals surface area (Å²) >= 11 is 0. The molecular weight excluding hydrogens is 332 g/mol. The highest BCUT2D eigenvalue weighted by Gasteiger charge is 2.32. The van der Waals surface area contributed by atoms with E-state index in [4.69, 9.17) is 4.74 Å². The molecule has 0 radical (unpaired) electrons. The molecule has 1 aliphatic rings. The van der Waals surface area contributed by atoms with Gasteiger partial charge in [-0.05, 0) is 38.0 Å². The molecule has 2 amide bonds. The van der Waals surface area contributed by atoms with E-state index in [1.165, 1.54) is 0 Å². The van der Waals surface area contributed by atoms with Crippen LogP contribution >= 0.6 is 0 Å². The van der Waals surface area contributed by atoms with E-state index in [-0.39, 0.29) is 6.10 Å². The summed E-state index contributed by atoms with van der Waals surface area (Å²) in [7, 11) is 0. The Kier molecular flexibility index (Phi) is 5.43. The highest BCUT2D eigenvalue weighted by molar-refractivity contribution is 6.39. The molecule has 1 saturated heterocycles. The van der Waals surface area contributed by atoms with Gasteiger partial charge < -0.3 is 15.4 Å². The number of rotatable bonds is 3. The zero-order valence-corrected chi connectivity index (χ0v) is 12.7. The van der Waals surface area contributed by atoms with Crippen LogP contribution in [0.1, 0.15) is 25.3 Å². The van der Waals surface area contributed by atoms with Gasteiger partial charge >= 0.3 is 18.0 Å². The maximum Gasteiger partial charge on any atom is 0.416 e. The van der Waals surface area contributed by atoms with E-state index >= 15 is 0 Å². The fraction of sp³-hybridized carbons (Fsp3) is 0.467. The fourth-order valence-corrected chi connectivity index (χ4v) is 2.34. The van der Waals surface area contributed by atoms with Crippen LogP contribution in [-0.2, 0) is 20.5 Å². The van der Waals surface area contributed by atoms with Crippen LogP contribution in [0.25, 0.3) is 0 Å². The van der Waals surface area contributed by atoms with Crippen molar-refractivity contribution in [3.8, 4) is 0 Å². The SMILES string of the molecule is C[C@@H](NC(=O)C(=O)Nc1cc(C(F)(F)F)ccc1F)[C@H]1CCCO1. The first-order valence-electron chi connectivity index (χ1n) is 7.28. The zero-order chi connectivity index (χ0) is 17.9. The Bertz CT molecular complexity index is 628. The molecule has 1 aromatic rings. The Labute approximate surface area is 135 Å². The average Bonchev–Trinajstić information content (AvgIpc) is 3.02. The lowest BCUT2D eigenvalue weighted by Crippen LogP contribution is -2.45. The maximum atomic E-state index is 13.6. The molecule has 0 saturated carbocycles. The van der Waals surface area contributed by atoms with Crippen LogP contribution in [0.4, 0.5) is 23.2 Å². The Hall–Kier alpha value is -2.16. The molecule has 0 spiro atoms. The van der Waals surface area contributed by atoms with Crippen molar-refractivity contribution in [2.24, 2.45) is 0 Å². The van der Waals surface area contributed by atoms with Gasteiger partial charge in [0, 0.05) is 6.61 Å². The Morgan fingerprint density at radius 3 is 2.58 bits per heavy atom. The van der Waals surface area contributed by atoms with E-state index in [0.29, 0.717) is 24.8 Å². The lowest BCUT2D eigenvalue weighted by atomic mass is 10.1. The van der Waals surface area contributed by atoms with Crippen molar-refractivity contribution < 1.29 is 31.9 Å². The summed E-state index contributed by atoms with van der Waals surface area (Å²) in [6.45, 7) is 2.21. The monoisotopic (exact) mass is 348 g/mol. The molecule has 2 rings (SSSR count). The first kappa shape index (κ1) is 18.2. The van der Waals surface area contributed by atoms with Crippen molar-refractivity contribution >= 4 is 17.5 Å². The number of alkyl halides is 3. The minimum atomic E-state index is -4.69. The van der Waals surface area contributed by atoms with Gasteiger partial charge in [-0.15, -0.1) is 0 Å². The van der Waals surface area contributed by atoms with Crippen LogP contribution in [-0.4, -0.2) is 30.6 Å². The molecule has 1 aromatic carbocycles. The molecule has 0 aromatic heterocycles. The zero-order valence-electron chi connectivity index (χ0n) is 12.7. The predicted molar refractivity (Wildman–Crippen MR) is 76.6 cm³/mol. The summed E-state index contributed by atoms with van der Waals surface area (Å²) in [5.74, 6) is -3.40. The largest absolute Gasteiger partial charge is 0.416 e. The third kappa shape index (κ3) is 4.44. The first-order chi connectivity index (χ1) is 11.2. The minimum Gasteiger partial charge on any atom is -0.376 e. The van der Waals surface area contributed by atoms with Gasteiger partial charge in [0.05, 0.1) is 23.4 Å². The van der Waals surface area contributed by atoms with Gasteiger partial charge in [-0.25, -0.2) is 4.39 Å². The molecule has 5 nitrogen and oxygen atoms in total. The average molecular weight is 348 g/mol. The van der Waals surface area contributed by atoms with E-state index in [0.717, 1.165) is 12.8 Å². The van der Waals surface area contributed by atoms with Crippen molar-refractivity contribution in [2.75, 3.05) is 11.9 Å². The number of benzene rings is 1. The van der Waals surface area contributed by atoms with E-state index < -0.39 is 41.1 Å². The van der Waals surface area contributed by atoms with Gasteiger partial charge in [0.25, 0.3) is 0 Å². The van der Waals surface area contributed by atoms with E-state index in [1.807, 2.05) is 5.32 Å². The van der Waals surface area contributed by atoms with Crippen LogP contribution in [0.15, 0.2) is 18.2 Å². The number of nitrogens with one attached hydrogen (secondary N) is 2. The van der Waals surface area contributed by atoms with Crippen LogP contribution in [0.3, 0.4) is 0 Å². The summed E-state index contributed by atoms with van der Waals surface area (Å²) in [6.07, 6.45) is -3.35. The maximum absolute atomic E-state index is 13.6. The molecule has 0 aliphatic carbocycles. The quantitative estimate of drug-likeness (QED) is 0.651. The number of ether oxygens (including phenoxy) is 1. The normalized spacial score (nSPS) is 19.0. The Morgan fingerprint density at radius 2 is 2.00 bits per heavy atom. The lowest BCUT2D eigenvalue weighted by Gasteiger charge is -2.19. The predicted octanol–water partition coefficient (Wildman–Crippen LogP) is 2.47. The molecule has 24 heavy (non-hydrogen) atoms. The van der Waals surface area contributed by atoms with Gasteiger partial charge in [0.2, 0.25) is 0 Å². The highest BCUT2D eigenvalue weighted by Crippen LogP contribution is 2.31. The summed E-state index contributed by atoms with van der Waals surface area (Å²) in [5.41, 5.74) is -1.85. The molecule has 1 aliphatic heterocycles. The number of halogens is 4. The van der Waals surface area contributed by atoms with E-state index in [2.05, 4.69) is 5.32 Å². The molecule has 9 heteroatoms. The second-order valence-electron chi connectivity index (χ2n) is 5.46. The van der Waals surface area contributed by atoms with Crippen molar-refractivity contribution in [1.29, 1.82) is 0 Å². The number of carbonyl (C=O) groups excluding carboxylic acids is 2. The third-order valence-electron chi connectivity index (χ3n) is 3.63. The summed E-state index contributed by atoms with van der Waals surface area (Å²) in [4.78, 5) is 23.5. The van der Waals surface area contributed by atoms with Gasteiger partial charge in [-0.2, -0.15) is 13.2 Å². The van der Waals surface area contributed by atoms with Crippen molar-refractivity contribution in [2.45, 2.75) is 38.1 Å². The molecule has 2 atom stereocenters. The Balaban J connectivity index is 2.02. The minimum absolute atomic E-state index is 0.230. The second kappa shape index (κ2) is 7.16. The van der Waals surface area contributed by atoms with Gasteiger partial charge in [-0.1, -0.05) is 0 Å². The smallest absolute Gasteiger partial charge is 0.376 e. The molecule has 0 bridgehead atoms. The van der Waals surface area contributed by atoms with Crippen LogP contribution in [0.2, 0.25) is 0 Å². The lowest BCUT2D eigenvalue weighted by molar-refractivity contribution is -0.137. The van der Waals surface area contributed by atoms with Crippen molar-refractivity contribution in [3.05, 3.63) is 29.6 Å². The summed E-state index contributed by atoms with van der Waals surface area (Å²) in [6, 6.07) is 1.11. The summed E-state index contributed by atoms with van der Waals surface area (Å²) in [5, 5.41) is 4.24. The molecule has 132 valence electrons. The first-order valence-corrected chi connectivity index (χ1v) is 7.28. The molecule has 2 N–H and O–H groups in total. The molecular formula is C15H16F4N2O3. The third-order valence-corrected chi connectivity index (χ3v) is 3.63. The fourth-order valence-electron chi connectivity index (χ4n) is 2.34.